The van der Waals surface area contributed by atoms with Crippen molar-refractivity contribution < 1.29 is 14.1 Å². The molecule has 3 rings (SSSR count). The van der Waals surface area contributed by atoms with Crippen molar-refractivity contribution in [3.8, 4) is 0 Å². The quantitative estimate of drug-likeness (QED) is 0.883. The fraction of sp³-hybridized carbons (Fsp3) is 0.471. The number of ether oxygens (including phenoxy) is 1. The minimum Gasteiger partial charge on any atom is -0.372 e. The van der Waals surface area contributed by atoms with E-state index < -0.39 is 0 Å². The van der Waals surface area contributed by atoms with Crippen molar-refractivity contribution >= 4 is 17.7 Å². The van der Waals surface area contributed by atoms with Gasteiger partial charge in [0.15, 0.2) is 5.82 Å². The second-order valence-corrected chi connectivity index (χ2v) is 6.32. The zero-order chi connectivity index (χ0) is 17.8. The molecular formula is C17H23N5O3. The smallest absolute Gasteiger partial charge is 0.320 e. The maximum absolute atomic E-state index is 11.8. The first-order valence-corrected chi connectivity index (χ1v) is 8.33. The summed E-state index contributed by atoms with van der Waals surface area (Å²) in [4.78, 5) is 18.6. The van der Waals surface area contributed by atoms with Gasteiger partial charge >= 0.3 is 6.03 Å². The molecule has 2 unspecified atom stereocenters. The predicted molar refractivity (Wildman–Crippen MR) is 93.6 cm³/mol. The molecule has 1 aliphatic rings. The Hall–Kier alpha value is -2.61. The van der Waals surface area contributed by atoms with Crippen LogP contribution in [0.4, 0.5) is 16.4 Å². The van der Waals surface area contributed by atoms with E-state index in [1.807, 2.05) is 12.1 Å². The van der Waals surface area contributed by atoms with Crippen molar-refractivity contribution in [1.29, 1.82) is 0 Å². The van der Waals surface area contributed by atoms with Crippen LogP contribution in [0.2, 0.25) is 0 Å². The van der Waals surface area contributed by atoms with Crippen molar-refractivity contribution in [3.05, 3.63) is 35.7 Å². The number of hydrogen-bond acceptors (Lipinski definition) is 6. The predicted octanol–water partition coefficient (Wildman–Crippen LogP) is 2.31. The standard InChI is InChI=1S/C17H23N5O3/c1-11-6-15(21-25-11)20-17(23)19-8-14-4-5-16(18-7-14)22-9-12(2)24-13(3)10-22/h4-7,12-13H,8-10H2,1-3H3,(H2,19,20,21,23). The summed E-state index contributed by atoms with van der Waals surface area (Å²) in [6.45, 7) is 7.93. The molecule has 2 aromatic heterocycles. The first kappa shape index (κ1) is 17.2. The highest BCUT2D eigenvalue weighted by Crippen LogP contribution is 2.18. The molecule has 25 heavy (non-hydrogen) atoms. The monoisotopic (exact) mass is 345 g/mol. The van der Waals surface area contributed by atoms with Crippen LogP contribution in [0, 0.1) is 6.92 Å². The van der Waals surface area contributed by atoms with Gasteiger partial charge < -0.3 is 19.5 Å². The molecule has 2 N–H and O–H groups in total. The van der Waals surface area contributed by atoms with Gasteiger partial charge in [-0.25, -0.2) is 9.78 Å². The fourth-order valence-corrected chi connectivity index (χ4v) is 2.84. The van der Waals surface area contributed by atoms with E-state index in [2.05, 4.69) is 39.5 Å². The highest BCUT2D eigenvalue weighted by Gasteiger charge is 2.22. The lowest BCUT2D eigenvalue weighted by atomic mass is 10.2. The summed E-state index contributed by atoms with van der Waals surface area (Å²) >= 11 is 0. The Kier molecular flexibility index (Phi) is 5.18. The zero-order valence-electron chi connectivity index (χ0n) is 14.7. The summed E-state index contributed by atoms with van der Waals surface area (Å²) in [6, 6.07) is 5.25. The summed E-state index contributed by atoms with van der Waals surface area (Å²) in [5.41, 5.74) is 0.921. The molecular weight excluding hydrogens is 322 g/mol. The average Bonchev–Trinajstić information content (AvgIpc) is 2.97. The van der Waals surface area contributed by atoms with Gasteiger partial charge in [-0.15, -0.1) is 0 Å². The molecule has 0 aliphatic carbocycles. The molecule has 134 valence electrons. The van der Waals surface area contributed by atoms with Crippen molar-refractivity contribution in [2.24, 2.45) is 0 Å². The number of carbonyl (C=O) groups excluding carboxylic acids is 1. The van der Waals surface area contributed by atoms with Gasteiger partial charge in [-0.05, 0) is 32.4 Å². The molecule has 2 atom stereocenters. The van der Waals surface area contributed by atoms with Crippen LogP contribution < -0.4 is 15.5 Å². The van der Waals surface area contributed by atoms with Crippen LogP contribution in [-0.2, 0) is 11.3 Å². The summed E-state index contributed by atoms with van der Waals surface area (Å²) in [6.07, 6.45) is 2.16. The number of amides is 2. The van der Waals surface area contributed by atoms with Gasteiger partial charge in [0.1, 0.15) is 11.6 Å². The SMILES string of the molecule is Cc1cc(NC(=O)NCc2ccc(N3CC(C)OC(C)C3)nc2)no1. The van der Waals surface area contributed by atoms with Crippen LogP contribution in [0.3, 0.4) is 0 Å². The van der Waals surface area contributed by atoms with E-state index in [1.165, 1.54) is 0 Å². The molecule has 2 aromatic rings. The molecule has 1 fully saturated rings. The van der Waals surface area contributed by atoms with E-state index >= 15 is 0 Å². The van der Waals surface area contributed by atoms with Crippen molar-refractivity contribution in [2.45, 2.75) is 39.5 Å². The normalized spacial score (nSPS) is 20.4. The number of pyridine rings is 1. The number of rotatable bonds is 4. The number of aromatic nitrogens is 2. The minimum absolute atomic E-state index is 0.191. The summed E-state index contributed by atoms with van der Waals surface area (Å²) < 4.78 is 10.6. The molecule has 8 nitrogen and oxygen atoms in total. The van der Waals surface area contributed by atoms with Gasteiger partial charge in [0.05, 0.1) is 12.2 Å². The number of nitrogens with one attached hydrogen (secondary N) is 2. The molecule has 0 radical (unpaired) electrons. The molecule has 3 heterocycles. The first-order chi connectivity index (χ1) is 12.0. The molecule has 0 saturated carbocycles. The van der Waals surface area contributed by atoms with Gasteiger partial charge in [-0.2, -0.15) is 0 Å². The second-order valence-electron chi connectivity index (χ2n) is 6.32. The molecule has 2 amide bonds. The average molecular weight is 345 g/mol. The van der Waals surface area contributed by atoms with Crippen molar-refractivity contribution in [1.82, 2.24) is 15.5 Å². The Morgan fingerprint density at radius 3 is 2.68 bits per heavy atom. The fourth-order valence-electron chi connectivity index (χ4n) is 2.84. The third-order valence-electron chi connectivity index (χ3n) is 3.88. The largest absolute Gasteiger partial charge is 0.372 e. The number of nitrogens with zero attached hydrogens (tertiary/aromatic N) is 3. The minimum atomic E-state index is -0.340. The van der Waals surface area contributed by atoms with Gasteiger partial charge in [0, 0.05) is 31.9 Å². The highest BCUT2D eigenvalue weighted by molar-refractivity contribution is 5.88. The number of anilines is 2. The maximum Gasteiger partial charge on any atom is 0.320 e. The summed E-state index contributed by atoms with van der Waals surface area (Å²) in [5.74, 6) is 1.95. The number of urea groups is 1. The van der Waals surface area contributed by atoms with E-state index in [0.29, 0.717) is 18.1 Å². The Balaban J connectivity index is 1.51. The summed E-state index contributed by atoms with van der Waals surface area (Å²) in [7, 11) is 0. The lowest BCUT2D eigenvalue weighted by Gasteiger charge is -2.36. The first-order valence-electron chi connectivity index (χ1n) is 8.33. The molecule has 0 aromatic carbocycles. The zero-order valence-corrected chi connectivity index (χ0v) is 14.7. The van der Waals surface area contributed by atoms with E-state index in [1.54, 1.807) is 19.2 Å². The Morgan fingerprint density at radius 2 is 2.08 bits per heavy atom. The van der Waals surface area contributed by atoms with E-state index in [4.69, 9.17) is 9.26 Å². The van der Waals surface area contributed by atoms with Gasteiger partial charge in [0.25, 0.3) is 0 Å². The van der Waals surface area contributed by atoms with Gasteiger partial charge in [-0.3, -0.25) is 5.32 Å². The van der Waals surface area contributed by atoms with Crippen LogP contribution in [-0.4, -0.2) is 41.5 Å². The third kappa shape index (κ3) is 4.69. The van der Waals surface area contributed by atoms with Crippen LogP contribution in [0.25, 0.3) is 0 Å². The van der Waals surface area contributed by atoms with Crippen molar-refractivity contribution in [2.75, 3.05) is 23.3 Å². The lowest BCUT2D eigenvalue weighted by Crippen LogP contribution is -2.45. The molecule has 8 heteroatoms. The Morgan fingerprint density at radius 1 is 1.32 bits per heavy atom. The number of aryl methyl sites for hydroxylation is 1. The van der Waals surface area contributed by atoms with Crippen LogP contribution in [0.1, 0.15) is 25.2 Å². The summed E-state index contributed by atoms with van der Waals surface area (Å²) in [5, 5.41) is 9.08. The molecule has 1 saturated heterocycles. The van der Waals surface area contributed by atoms with Crippen LogP contribution >= 0.6 is 0 Å². The Labute approximate surface area is 146 Å². The van der Waals surface area contributed by atoms with Gasteiger partial charge in [0.2, 0.25) is 0 Å². The Bertz CT molecular complexity index is 705. The van der Waals surface area contributed by atoms with E-state index in [-0.39, 0.29) is 18.2 Å². The van der Waals surface area contributed by atoms with Crippen molar-refractivity contribution in [3.63, 3.8) is 0 Å². The van der Waals surface area contributed by atoms with Gasteiger partial charge in [-0.1, -0.05) is 11.2 Å². The third-order valence-corrected chi connectivity index (χ3v) is 3.88. The topological polar surface area (TPSA) is 92.5 Å². The van der Waals surface area contributed by atoms with Crippen LogP contribution in [0.5, 0.6) is 0 Å². The van der Waals surface area contributed by atoms with Crippen LogP contribution in [0.15, 0.2) is 28.9 Å². The number of morpholine rings is 1. The lowest BCUT2D eigenvalue weighted by molar-refractivity contribution is -0.00546. The molecule has 0 bridgehead atoms. The maximum atomic E-state index is 11.8. The highest BCUT2D eigenvalue weighted by atomic mass is 16.5. The van der Waals surface area contributed by atoms with E-state index in [0.717, 1.165) is 24.5 Å². The number of hydrogen-bond donors (Lipinski definition) is 2. The molecule has 1 aliphatic heterocycles. The number of carbonyl (C=O) groups is 1. The van der Waals surface area contributed by atoms with E-state index in [9.17, 15) is 4.79 Å². The second kappa shape index (κ2) is 7.52. The molecule has 0 spiro atoms.